The third kappa shape index (κ3) is 2.93. The van der Waals surface area contributed by atoms with Crippen molar-refractivity contribution < 1.29 is 17.9 Å². The Morgan fingerprint density at radius 2 is 2.36 bits per heavy atom. The normalized spacial score (nSPS) is 34.4. The van der Waals surface area contributed by atoms with Crippen molar-refractivity contribution in [3.8, 4) is 0 Å². The molecule has 25 heavy (non-hydrogen) atoms. The van der Waals surface area contributed by atoms with E-state index in [1.165, 1.54) is 11.3 Å². The summed E-state index contributed by atoms with van der Waals surface area (Å²) in [5.41, 5.74) is -0.330. The van der Waals surface area contributed by atoms with Crippen LogP contribution in [0.15, 0.2) is 17.5 Å². The second-order valence-electron chi connectivity index (χ2n) is 7.33. The van der Waals surface area contributed by atoms with Gasteiger partial charge in [0.1, 0.15) is 0 Å². The average molecular weight is 385 g/mol. The molecule has 1 spiro atoms. The number of rotatable bonds is 6. The SMILES string of the molecule is CCCS(=O)(=O)N1C[C@@H]2[C@H](CNC(=O)c3cccs3)[C@H]3CC[C@]2(C1)O3. The van der Waals surface area contributed by atoms with Gasteiger partial charge in [0, 0.05) is 31.5 Å². The van der Waals surface area contributed by atoms with Gasteiger partial charge in [0.2, 0.25) is 10.0 Å². The first-order chi connectivity index (χ1) is 12.0. The number of ether oxygens (including phenoxy) is 1. The van der Waals surface area contributed by atoms with Crippen LogP contribution in [0.4, 0.5) is 0 Å². The highest BCUT2D eigenvalue weighted by atomic mass is 32.2. The summed E-state index contributed by atoms with van der Waals surface area (Å²) in [7, 11) is -3.20. The Labute approximate surface area is 152 Å². The van der Waals surface area contributed by atoms with Crippen LogP contribution in [0, 0.1) is 11.8 Å². The smallest absolute Gasteiger partial charge is 0.261 e. The second kappa shape index (κ2) is 6.33. The first-order valence-electron chi connectivity index (χ1n) is 8.92. The van der Waals surface area contributed by atoms with Crippen LogP contribution in [0.25, 0.3) is 0 Å². The Bertz CT molecular complexity index is 749. The van der Waals surface area contributed by atoms with E-state index in [2.05, 4.69) is 5.32 Å². The monoisotopic (exact) mass is 384 g/mol. The van der Waals surface area contributed by atoms with Gasteiger partial charge in [-0.2, -0.15) is 4.31 Å². The summed E-state index contributed by atoms with van der Waals surface area (Å²) in [5, 5.41) is 4.91. The number of amides is 1. The lowest BCUT2D eigenvalue weighted by Crippen LogP contribution is -2.41. The summed E-state index contributed by atoms with van der Waals surface area (Å²) < 4.78 is 32.8. The maximum atomic E-state index is 12.5. The predicted octanol–water partition coefficient (Wildman–Crippen LogP) is 1.70. The molecular formula is C17H24N2O4S2. The summed E-state index contributed by atoms with van der Waals surface area (Å²) in [5.74, 6) is 0.514. The molecule has 0 radical (unpaired) electrons. The Morgan fingerprint density at radius 1 is 1.52 bits per heavy atom. The fourth-order valence-electron chi connectivity index (χ4n) is 4.73. The summed E-state index contributed by atoms with van der Waals surface area (Å²) in [6.45, 7) is 3.44. The fraction of sp³-hybridized carbons (Fsp3) is 0.706. The lowest BCUT2D eigenvalue weighted by molar-refractivity contribution is 0.00797. The van der Waals surface area contributed by atoms with Gasteiger partial charge in [-0.3, -0.25) is 4.79 Å². The van der Waals surface area contributed by atoms with Crippen molar-refractivity contribution >= 4 is 27.3 Å². The molecule has 138 valence electrons. The van der Waals surface area contributed by atoms with Crippen molar-refractivity contribution in [1.29, 1.82) is 0 Å². The zero-order chi connectivity index (χ0) is 17.7. The number of hydrogen-bond donors (Lipinski definition) is 1. The molecule has 0 aromatic carbocycles. The highest BCUT2D eigenvalue weighted by Crippen LogP contribution is 2.55. The molecule has 8 heteroatoms. The molecular weight excluding hydrogens is 360 g/mol. The van der Waals surface area contributed by atoms with Crippen LogP contribution in [0.1, 0.15) is 35.9 Å². The molecule has 1 amide bonds. The van der Waals surface area contributed by atoms with E-state index in [0.29, 0.717) is 30.9 Å². The van der Waals surface area contributed by atoms with Crippen LogP contribution < -0.4 is 5.32 Å². The summed E-state index contributed by atoms with van der Waals surface area (Å²) in [6, 6.07) is 3.68. The third-order valence-corrected chi connectivity index (χ3v) is 8.71. The van der Waals surface area contributed by atoms with Crippen molar-refractivity contribution in [3.05, 3.63) is 22.4 Å². The molecule has 0 saturated carbocycles. The van der Waals surface area contributed by atoms with Crippen LogP contribution in [0.2, 0.25) is 0 Å². The quantitative estimate of drug-likeness (QED) is 0.810. The van der Waals surface area contributed by atoms with Gasteiger partial charge in [-0.05, 0) is 30.7 Å². The van der Waals surface area contributed by atoms with Gasteiger partial charge in [-0.25, -0.2) is 8.42 Å². The van der Waals surface area contributed by atoms with Crippen molar-refractivity contribution in [2.24, 2.45) is 11.8 Å². The van der Waals surface area contributed by atoms with Crippen LogP contribution in [-0.2, 0) is 14.8 Å². The molecule has 4 atom stereocenters. The molecule has 3 aliphatic rings. The predicted molar refractivity (Wildman–Crippen MR) is 96.1 cm³/mol. The standard InChI is InChI=1S/C17H24N2O4S2/c1-2-8-25(21,22)19-10-13-12(14-5-6-17(13,11-19)23-14)9-18-16(20)15-4-3-7-24-15/h3-4,7,12-14H,2,5-6,8-11H2,1H3,(H,18,20)/t12-,13+,14+,17+/m0/s1. The van der Waals surface area contributed by atoms with Crippen LogP contribution in [-0.4, -0.2) is 55.7 Å². The number of hydrogen-bond acceptors (Lipinski definition) is 5. The average Bonchev–Trinajstić information content (AvgIpc) is 3.32. The molecule has 1 aromatic heterocycles. The number of fused-ring (bicyclic) bond motifs is 1. The van der Waals surface area contributed by atoms with Crippen molar-refractivity contribution in [1.82, 2.24) is 9.62 Å². The van der Waals surface area contributed by atoms with Gasteiger partial charge in [-0.1, -0.05) is 13.0 Å². The topological polar surface area (TPSA) is 75.7 Å². The summed E-state index contributed by atoms with van der Waals surface area (Å²) in [6.07, 6.45) is 2.65. The molecule has 1 aromatic rings. The maximum Gasteiger partial charge on any atom is 0.261 e. The molecule has 1 N–H and O–H groups in total. The van der Waals surface area contributed by atoms with Crippen molar-refractivity contribution in [2.45, 2.75) is 37.9 Å². The zero-order valence-corrected chi connectivity index (χ0v) is 15.9. The zero-order valence-electron chi connectivity index (χ0n) is 14.3. The van der Waals surface area contributed by atoms with Crippen molar-refractivity contribution in [2.75, 3.05) is 25.4 Å². The van der Waals surface area contributed by atoms with E-state index in [-0.39, 0.29) is 35.2 Å². The van der Waals surface area contributed by atoms with E-state index in [1.54, 1.807) is 4.31 Å². The first-order valence-corrected chi connectivity index (χ1v) is 11.4. The summed E-state index contributed by atoms with van der Waals surface area (Å²) >= 11 is 1.43. The molecule has 6 nitrogen and oxygen atoms in total. The largest absolute Gasteiger partial charge is 0.370 e. The minimum Gasteiger partial charge on any atom is -0.370 e. The van der Waals surface area contributed by atoms with Crippen LogP contribution >= 0.6 is 11.3 Å². The van der Waals surface area contributed by atoms with E-state index < -0.39 is 10.0 Å². The lowest BCUT2D eigenvalue weighted by atomic mass is 9.73. The van der Waals surface area contributed by atoms with Gasteiger partial charge >= 0.3 is 0 Å². The van der Waals surface area contributed by atoms with Gasteiger partial charge in [0.15, 0.2) is 0 Å². The van der Waals surface area contributed by atoms with E-state index in [4.69, 9.17) is 4.74 Å². The maximum absolute atomic E-state index is 12.5. The molecule has 3 aliphatic heterocycles. The van der Waals surface area contributed by atoms with E-state index >= 15 is 0 Å². The second-order valence-corrected chi connectivity index (χ2v) is 10.4. The number of nitrogens with one attached hydrogen (secondary N) is 1. The van der Waals surface area contributed by atoms with Crippen molar-refractivity contribution in [3.63, 3.8) is 0 Å². The first kappa shape index (κ1) is 17.5. The molecule has 3 saturated heterocycles. The minimum absolute atomic E-state index is 0.0553. The lowest BCUT2D eigenvalue weighted by Gasteiger charge is -2.29. The number of nitrogens with zero attached hydrogens (tertiary/aromatic N) is 1. The van der Waals surface area contributed by atoms with E-state index in [9.17, 15) is 13.2 Å². The van der Waals surface area contributed by atoms with Crippen LogP contribution in [0.3, 0.4) is 0 Å². The number of carbonyl (C=O) groups excluding carboxylic acids is 1. The Morgan fingerprint density at radius 3 is 3.08 bits per heavy atom. The Balaban J connectivity index is 1.45. The van der Waals surface area contributed by atoms with Gasteiger partial charge in [0.25, 0.3) is 5.91 Å². The Kier molecular flexibility index (Phi) is 4.42. The molecule has 0 unspecified atom stereocenters. The fourth-order valence-corrected chi connectivity index (χ4v) is 6.94. The van der Waals surface area contributed by atoms with E-state index in [0.717, 1.165) is 12.8 Å². The molecule has 0 aliphatic carbocycles. The number of sulfonamides is 1. The van der Waals surface area contributed by atoms with Gasteiger partial charge in [-0.15, -0.1) is 11.3 Å². The minimum atomic E-state index is -3.20. The molecule has 3 fully saturated rings. The highest BCUT2D eigenvalue weighted by molar-refractivity contribution is 7.89. The number of carbonyl (C=O) groups is 1. The molecule has 4 heterocycles. The molecule has 4 rings (SSSR count). The highest BCUT2D eigenvalue weighted by Gasteiger charge is 2.64. The summed E-state index contributed by atoms with van der Waals surface area (Å²) in [4.78, 5) is 12.9. The third-order valence-electron chi connectivity index (χ3n) is 5.85. The van der Waals surface area contributed by atoms with Crippen LogP contribution in [0.5, 0.6) is 0 Å². The van der Waals surface area contributed by atoms with Gasteiger partial charge in [0.05, 0.1) is 22.3 Å². The number of thiophene rings is 1. The molecule has 2 bridgehead atoms. The van der Waals surface area contributed by atoms with Gasteiger partial charge < -0.3 is 10.1 Å². The Hall–Kier alpha value is -0.960. The van der Waals surface area contributed by atoms with E-state index in [1.807, 2.05) is 24.4 Å².